The van der Waals surface area contributed by atoms with Crippen molar-refractivity contribution in [2.24, 2.45) is 11.8 Å². The van der Waals surface area contributed by atoms with Crippen LogP contribution in [0, 0.1) is 11.8 Å². The molecule has 7 nitrogen and oxygen atoms in total. The molecule has 0 saturated carbocycles. The van der Waals surface area contributed by atoms with E-state index >= 15 is 0 Å². The number of hydrogen-bond donors (Lipinski definition) is 2. The van der Waals surface area contributed by atoms with Gasteiger partial charge in [0.1, 0.15) is 0 Å². The fourth-order valence-electron chi connectivity index (χ4n) is 3.09. The molecule has 2 rings (SSSR count). The number of hydrogen-bond acceptors (Lipinski definition) is 5. The molecule has 2 unspecified atom stereocenters. The van der Waals surface area contributed by atoms with Crippen LogP contribution in [0.2, 0.25) is 0 Å². The van der Waals surface area contributed by atoms with Gasteiger partial charge in [-0.1, -0.05) is 0 Å². The van der Waals surface area contributed by atoms with Gasteiger partial charge in [0, 0.05) is 13.1 Å². The first-order valence-electron chi connectivity index (χ1n) is 7.38. The minimum atomic E-state index is -7.01. The van der Waals surface area contributed by atoms with Crippen molar-refractivity contribution in [1.29, 1.82) is 0 Å². The highest BCUT2D eigenvalue weighted by molar-refractivity contribution is 7.90. The number of rotatable bonds is 5. The van der Waals surface area contributed by atoms with Gasteiger partial charge in [0.05, 0.1) is 0 Å². The lowest BCUT2D eigenvalue weighted by molar-refractivity contribution is -0.247. The van der Waals surface area contributed by atoms with Crippen LogP contribution < -0.4 is 5.32 Å². The van der Waals surface area contributed by atoms with Crippen molar-refractivity contribution in [3.63, 3.8) is 0 Å². The van der Waals surface area contributed by atoms with E-state index in [0.29, 0.717) is 19.5 Å². The number of nitrogens with one attached hydrogen (secondary N) is 1. The normalized spacial score (nSPS) is 27.2. The Hall–Kier alpha value is -0.640. The van der Waals surface area contributed by atoms with E-state index in [1.54, 1.807) is 0 Å². The highest BCUT2D eigenvalue weighted by Gasteiger charge is 2.82. The third-order valence-corrected chi connectivity index (χ3v) is 7.49. The first kappa shape index (κ1) is 21.7. The Balaban J connectivity index is 2.37. The maximum absolute atomic E-state index is 14.0. The van der Waals surface area contributed by atoms with Gasteiger partial charge in [0.25, 0.3) is 10.0 Å². The predicted octanol–water partition coefficient (Wildman–Crippen LogP) is 0.956. The Morgan fingerprint density at radius 3 is 2.04 bits per heavy atom. The van der Waals surface area contributed by atoms with Gasteiger partial charge in [-0.3, -0.25) is 4.55 Å². The fraction of sp³-hybridized carbons (Fsp3) is 1.00. The summed E-state index contributed by atoms with van der Waals surface area (Å²) in [4.78, 5) is 0. The van der Waals surface area contributed by atoms with Crippen molar-refractivity contribution in [2.45, 2.75) is 29.3 Å². The van der Waals surface area contributed by atoms with E-state index in [-0.39, 0.29) is 16.6 Å². The zero-order valence-corrected chi connectivity index (χ0v) is 14.6. The molecule has 0 bridgehead atoms. The van der Waals surface area contributed by atoms with E-state index in [1.807, 2.05) is 0 Å². The average Bonchev–Trinajstić information content (AvgIpc) is 2.52. The van der Waals surface area contributed by atoms with E-state index in [1.165, 1.54) is 0 Å². The largest absolute Gasteiger partial charge is 0.439 e. The van der Waals surface area contributed by atoms with Crippen LogP contribution in [-0.4, -0.2) is 68.3 Å². The van der Waals surface area contributed by atoms with Crippen molar-refractivity contribution in [3.8, 4) is 0 Å². The minimum absolute atomic E-state index is 0.0204. The number of fused-ring (bicyclic) bond motifs is 1. The average molecular weight is 434 g/mol. The third kappa shape index (κ3) is 3.10. The van der Waals surface area contributed by atoms with Crippen LogP contribution >= 0.6 is 0 Å². The summed E-state index contributed by atoms with van der Waals surface area (Å²) in [5.41, 5.74) is 0. The second-order valence-corrected chi connectivity index (χ2v) is 9.69. The fourth-order valence-corrected chi connectivity index (χ4v) is 5.12. The maximum atomic E-state index is 14.0. The molecule has 0 radical (unpaired) electrons. The molecule has 2 heterocycles. The first-order chi connectivity index (χ1) is 11.6. The van der Waals surface area contributed by atoms with Crippen molar-refractivity contribution in [2.75, 3.05) is 26.2 Å². The van der Waals surface area contributed by atoms with Crippen molar-refractivity contribution in [1.82, 2.24) is 9.62 Å². The quantitative estimate of drug-likeness (QED) is 0.494. The van der Waals surface area contributed by atoms with E-state index < -0.39 is 55.6 Å². The van der Waals surface area contributed by atoms with Gasteiger partial charge in [0.2, 0.25) is 0 Å². The zero-order chi connectivity index (χ0) is 20.2. The number of sulfonamides is 1. The summed E-state index contributed by atoms with van der Waals surface area (Å²) in [6.45, 7) is -0.250. The molecule has 2 N–H and O–H groups in total. The summed E-state index contributed by atoms with van der Waals surface area (Å²) in [6.07, 6.45) is 0.424. The second-order valence-electron chi connectivity index (χ2n) is 6.25. The Morgan fingerprint density at radius 1 is 0.923 bits per heavy atom. The van der Waals surface area contributed by atoms with Crippen LogP contribution in [0.5, 0.6) is 0 Å². The molecule has 2 saturated heterocycles. The Labute approximate surface area is 145 Å². The second kappa shape index (κ2) is 6.46. The van der Waals surface area contributed by atoms with E-state index in [0.717, 1.165) is 0 Å². The highest BCUT2D eigenvalue weighted by atomic mass is 32.2. The molecule has 2 atom stereocenters. The summed E-state index contributed by atoms with van der Waals surface area (Å²) in [7, 11) is -13.3. The number of halogens is 6. The summed E-state index contributed by atoms with van der Waals surface area (Å²) in [5.74, 6) is -7.40. The van der Waals surface area contributed by atoms with E-state index in [9.17, 15) is 43.2 Å². The van der Waals surface area contributed by atoms with Gasteiger partial charge in [-0.2, -0.15) is 39.1 Å². The van der Waals surface area contributed by atoms with Gasteiger partial charge >= 0.3 is 26.5 Å². The van der Waals surface area contributed by atoms with Crippen LogP contribution in [0.25, 0.3) is 0 Å². The monoisotopic (exact) mass is 434 g/mol. The van der Waals surface area contributed by atoms with Crippen molar-refractivity contribution < 1.29 is 47.7 Å². The Kier molecular flexibility index (Phi) is 5.38. The van der Waals surface area contributed by atoms with Gasteiger partial charge in [0.15, 0.2) is 0 Å². The lowest BCUT2D eigenvalue weighted by atomic mass is 9.82. The maximum Gasteiger partial charge on any atom is 0.439 e. The molecule has 0 aromatic rings. The SMILES string of the molecule is O=S(=O)(O)C(F)(F)C(F)(F)C(F)(F)S(=O)(=O)N1CCC2CNCCC2C1. The van der Waals surface area contributed by atoms with Gasteiger partial charge in [-0.05, 0) is 37.8 Å². The molecule has 2 aliphatic heterocycles. The molecule has 0 aliphatic carbocycles. The van der Waals surface area contributed by atoms with Crippen molar-refractivity contribution >= 4 is 20.1 Å². The van der Waals surface area contributed by atoms with E-state index in [2.05, 4.69) is 5.32 Å². The molecule has 2 aliphatic rings. The predicted molar refractivity (Wildman–Crippen MR) is 76.0 cm³/mol. The van der Waals surface area contributed by atoms with Crippen LogP contribution in [0.1, 0.15) is 12.8 Å². The molecule has 154 valence electrons. The number of nitrogens with zero attached hydrogens (tertiary/aromatic N) is 1. The molecule has 2 fully saturated rings. The number of alkyl halides is 6. The molecule has 26 heavy (non-hydrogen) atoms. The van der Waals surface area contributed by atoms with E-state index in [4.69, 9.17) is 4.55 Å². The van der Waals surface area contributed by atoms with Crippen LogP contribution in [0.15, 0.2) is 0 Å². The lowest BCUT2D eigenvalue weighted by Gasteiger charge is -2.42. The topological polar surface area (TPSA) is 104 Å². The molecule has 0 aromatic carbocycles. The summed E-state index contributed by atoms with van der Waals surface area (Å²) in [5, 5.41) is -10.2. The minimum Gasteiger partial charge on any atom is -0.316 e. The summed E-state index contributed by atoms with van der Waals surface area (Å²) < 4.78 is 134. The third-order valence-electron chi connectivity index (χ3n) is 4.67. The molecular formula is C11H16F6N2O5S2. The molecule has 0 amide bonds. The van der Waals surface area contributed by atoms with Crippen molar-refractivity contribution in [3.05, 3.63) is 0 Å². The van der Waals surface area contributed by atoms with Gasteiger partial charge < -0.3 is 5.32 Å². The van der Waals surface area contributed by atoms with Gasteiger partial charge in [-0.25, -0.2) is 8.42 Å². The molecular weight excluding hydrogens is 418 g/mol. The van der Waals surface area contributed by atoms with Crippen LogP contribution in [0.4, 0.5) is 26.3 Å². The van der Waals surface area contributed by atoms with Crippen LogP contribution in [0.3, 0.4) is 0 Å². The summed E-state index contributed by atoms with van der Waals surface area (Å²) in [6, 6.07) is 0. The smallest absolute Gasteiger partial charge is 0.316 e. The molecule has 15 heteroatoms. The Bertz CT molecular complexity index is 757. The first-order valence-corrected chi connectivity index (χ1v) is 10.3. The van der Waals surface area contributed by atoms with Crippen LogP contribution in [-0.2, 0) is 20.1 Å². The zero-order valence-electron chi connectivity index (χ0n) is 13.0. The van der Waals surface area contributed by atoms with Gasteiger partial charge in [-0.15, -0.1) is 0 Å². The summed E-state index contributed by atoms with van der Waals surface area (Å²) >= 11 is 0. The lowest BCUT2D eigenvalue weighted by Crippen LogP contribution is -2.64. The Morgan fingerprint density at radius 2 is 1.50 bits per heavy atom. The highest BCUT2D eigenvalue weighted by Crippen LogP contribution is 2.51. The molecule has 0 spiro atoms. The molecule has 0 aromatic heterocycles. The number of piperidine rings is 2. The standard InChI is InChI=1S/C11H16F6N2O5S2/c12-9(13,11(16,17)26(22,23)24)10(14,15)25(20,21)19-4-2-7-5-18-3-1-8(7)6-19/h7-8,18H,1-6H2,(H,22,23,24).